The van der Waals surface area contributed by atoms with E-state index in [9.17, 15) is 10.2 Å². The van der Waals surface area contributed by atoms with Gasteiger partial charge in [0.25, 0.3) is 0 Å². The van der Waals surface area contributed by atoms with Crippen molar-refractivity contribution in [2.24, 2.45) is 34.3 Å². The quantitative estimate of drug-likeness (QED) is 0.589. The van der Waals surface area contributed by atoms with Crippen LogP contribution in [0.2, 0.25) is 0 Å². The highest BCUT2D eigenvalue weighted by atomic mass is 16.3. The molecule has 3 heteroatoms. The number of aliphatic hydroxyl groups excluding tert-OH is 2. The molecule has 0 aliphatic heterocycles. The third-order valence-corrected chi connectivity index (χ3v) is 9.51. The fourth-order valence-electron chi connectivity index (χ4n) is 7.39. The van der Waals surface area contributed by atoms with Crippen molar-refractivity contribution in [3.05, 3.63) is 47.5 Å². The van der Waals surface area contributed by atoms with Gasteiger partial charge in [0.05, 0.1) is 12.2 Å². The lowest BCUT2D eigenvalue weighted by molar-refractivity contribution is -0.121. The zero-order valence-corrected chi connectivity index (χ0v) is 19.1. The van der Waals surface area contributed by atoms with Gasteiger partial charge in [-0.05, 0) is 92.4 Å². The molecular formula is C27H41NO2. The van der Waals surface area contributed by atoms with Crippen LogP contribution in [0.1, 0.15) is 82.4 Å². The second-order valence-electron chi connectivity index (χ2n) is 11.2. The average molecular weight is 412 g/mol. The van der Waals surface area contributed by atoms with E-state index in [1.54, 1.807) is 0 Å². The Labute approximate surface area is 182 Å². The minimum absolute atomic E-state index is 0.0172. The van der Waals surface area contributed by atoms with Gasteiger partial charge < -0.3 is 15.9 Å². The van der Waals surface area contributed by atoms with E-state index in [-0.39, 0.29) is 23.0 Å². The highest BCUT2D eigenvalue weighted by Crippen LogP contribution is 2.63. The third-order valence-electron chi connectivity index (χ3n) is 9.51. The van der Waals surface area contributed by atoms with E-state index in [0.717, 1.165) is 32.1 Å². The van der Waals surface area contributed by atoms with Gasteiger partial charge in [-0.2, -0.15) is 0 Å². The molecule has 3 unspecified atom stereocenters. The molecule has 166 valence electrons. The molecule has 3 nitrogen and oxygen atoms in total. The summed E-state index contributed by atoms with van der Waals surface area (Å²) in [6.07, 6.45) is 7.01. The molecule has 0 heterocycles. The van der Waals surface area contributed by atoms with Crippen molar-refractivity contribution in [2.45, 2.75) is 90.4 Å². The normalized spacial score (nSPS) is 42.7. The smallest absolute Gasteiger partial charge is 0.0621 e. The van der Waals surface area contributed by atoms with E-state index in [4.69, 9.17) is 5.73 Å². The van der Waals surface area contributed by atoms with Crippen LogP contribution in [0.3, 0.4) is 0 Å². The van der Waals surface area contributed by atoms with Gasteiger partial charge in [-0.3, -0.25) is 0 Å². The van der Waals surface area contributed by atoms with Crippen LogP contribution < -0.4 is 5.73 Å². The Balaban J connectivity index is 1.66. The summed E-state index contributed by atoms with van der Waals surface area (Å²) in [5.41, 5.74) is 10.8. The molecule has 3 saturated carbocycles. The molecule has 0 radical (unpaired) electrons. The van der Waals surface area contributed by atoms with Gasteiger partial charge in [0.1, 0.15) is 0 Å². The lowest BCUT2D eigenvalue weighted by Crippen LogP contribution is -2.52. The summed E-state index contributed by atoms with van der Waals surface area (Å²) in [6.45, 7) is 11.3. The molecule has 0 bridgehead atoms. The predicted octanol–water partition coefficient (Wildman–Crippen LogP) is 5.30. The summed E-state index contributed by atoms with van der Waals surface area (Å²) in [5, 5.41) is 21.2. The highest BCUT2D eigenvalue weighted by molar-refractivity contribution is 5.26. The van der Waals surface area contributed by atoms with Crippen LogP contribution in [0, 0.1) is 35.5 Å². The Bertz CT molecular complexity index is 791. The number of nitrogens with two attached hydrogens (primary N) is 1. The van der Waals surface area contributed by atoms with Crippen LogP contribution in [0.5, 0.6) is 0 Å². The molecular weight excluding hydrogens is 370 g/mol. The number of fused-ring (bicyclic) bond motifs is 1. The van der Waals surface area contributed by atoms with E-state index in [0.29, 0.717) is 24.2 Å². The molecule has 3 aliphatic rings. The number of rotatable bonds is 4. The lowest BCUT2D eigenvalue weighted by Gasteiger charge is -2.56. The van der Waals surface area contributed by atoms with E-state index in [1.165, 1.54) is 29.5 Å². The fourth-order valence-corrected chi connectivity index (χ4v) is 7.39. The summed E-state index contributed by atoms with van der Waals surface area (Å²) < 4.78 is 0. The van der Waals surface area contributed by atoms with Gasteiger partial charge in [0, 0.05) is 6.04 Å². The van der Waals surface area contributed by atoms with Crippen molar-refractivity contribution in [3.63, 3.8) is 0 Å². The zero-order chi connectivity index (χ0) is 21.7. The topological polar surface area (TPSA) is 66.5 Å². The first-order chi connectivity index (χ1) is 14.1. The van der Waals surface area contributed by atoms with Crippen molar-refractivity contribution < 1.29 is 10.2 Å². The molecule has 0 amide bonds. The van der Waals surface area contributed by atoms with Gasteiger partial charge >= 0.3 is 0 Å². The molecule has 0 spiro atoms. The Morgan fingerprint density at radius 3 is 2.60 bits per heavy atom. The number of hydrogen-bond acceptors (Lipinski definition) is 3. The van der Waals surface area contributed by atoms with Crippen LogP contribution in [0.15, 0.2) is 36.4 Å². The first kappa shape index (κ1) is 22.0. The molecule has 1 aromatic rings. The Hall–Kier alpha value is -1.16. The standard InChI is InChI=1S/C27H41NO2/c1-17-6-5-7-19(14-17)24(28)16-21-22-9-8-18(2)26(22,3)13-11-23(21)27(4)12-10-20(29)15-25(27)30/h5-7,14,20-25,29-30H,2,8-13,15-16,28H2,1,3-4H3/t20-,21+,22?,23?,24?,25-,26-,27+/m0/s1. The van der Waals surface area contributed by atoms with Gasteiger partial charge in [-0.15, -0.1) is 0 Å². The minimum atomic E-state index is -0.432. The van der Waals surface area contributed by atoms with Gasteiger partial charge in [-0.1, -0.05) is 55.8 Å². The van der Waals surface area contributed by atoms with E-state index < -0.39 is 6.10 Å². The lowest BCUT2D eigenvalue weighted by atomic mass is 9.50. The van der Waals surface area contributed by atoms with Crippen LogP contribution in [-0.4, -0.2) is 22.4 Å². The maximum atomic E-state index is 11.1. The van der Waals surface area contributed by atoms with Crippen molar-refractivity contribution in [1.82, 2.24) is 0 Å². The van der Waals surface area contributed by atoms with E-state index in [2.05, 4.69) is 51.6 Å². The Kier molecular flexibility index (Phi) is 5.93. The number of hydrogen-bond donors (Lipinski definition) is 3. The molecule has 3 fully saturated rings. The van der Waals surface area contributed by atoms with Crippen molar-refractivity contribution in [2.75, 3.05) is 0 Å². The van der Waals surface area contributed by atoms with Crippen LogP contribution in [0.25, 0.3) is 0 Å². The molecule has 3 aliphatic carbocycles. The zero-order valence-electron chi connectivity index (χ0n) is 19.1. The Morgan fingerprint density at radius 1 is 1.13 bits per heavy atom. The molecule has 4 N–H and O–H groups in total. The van der Waals surface area contributed by atoms with E-state index in [1.807, 2.05) is 0 Å². The maximum absolute atomic E-state index is 11.1. The predicted molar refractivity (Wildman–Crippen MR) is 123 cm³/mol. The SMILES string of the molecule is C=C1CCC2[C@@H](CC(N)c3cccc(C)c3)C([C@@]3(C)CC[C@H](O)C[C@@H]3O)CC[C@@]12C. The highest BCUT2D eigenvalue weighted by Gasteiger charge is 2.56. The molecule has 0 saturated heterocycles. The average Bonchev–Trinajstić information content (AvgIpc) is 3.00. The molecule has 30 heavy (non-hydrogen) atoms. The maximum Gasteiger partial charge on any atom is 0.0621 e. The molecule has 0 aromatic heterocycles. The largest absolute Gasteiger partial charge is 0.393 e. The van der Waals surface area contributed by atoms with Crippen LogP contribution in [-0.2, 0) is 0 Å². The second kappa shape index (κ2) is 8.07. The number of aliphatic hydroxyl groups is 2. The second-order valence-corrected chi connectivity index (χ2v) is 11.2. The fraction of sp³-hybridized carbons (Fsp3) is 0.704. The third kappa shape index (κ3) is 3.67. The van der Waals surface area contributed by atoms with Gasteiger partial charge in [-0.25, -0.2) is 0 Å². The number of benzene rings is 1. The summed E-state index contributed by atoms with van der Waals surface area (Å²) >= 11 is 0. The summed E-state index contributed by atoms with van der Waals surface area (Å²) in [4.78, 5) is 0. The van der Waals surface area contributed by atoms with E-state index >= 15 is 0 Å². The number of aryl methyl sites for hydroxylation is 1. The van der Waals surface area contributed by atoms with Crippen LogP contribution >= 0.6 is 0 Å². The first-order valence-corrected chi connectivity index (χ1v) is 12.0. The van der Waals surface area contributed by atoms with Gasteiger partial charge in [0.2, 0.25) is 0 Å². The van der Waals surface area contributed by atoms with Crippen molar-refractivity contribution >= 4 is 0 Å². The summed E-state index contributed by atoms with van der Waals surface area (Å²) in [6, 6.07) is 8.64. The van der Waals surface area contributed by atoms with Gasteiger partial charge in [0.15, 0.2) is 0 Å². The van der Waals surface area contributed by atoms with Crippen molar-refractivity contribution in [1.29, 1.82) is 0 Å². The van der Waals surface area contributed by atoms with Crippen molar-refractivity contribution in [3.8, 4) is 0 Å². The molecule has 4 rings (SSSR count). The molecule has 1 aromatic carbocycles. The summed E-state index contributed by atoms with van der Waals surface area (Å²) in [7, 11) is 0. The monoisotopic (exact) mass is 411 g/mol. The first-order valence-electron chi connectivity index (χ1n) is 12.0. The number of allylic oxidation sites excluding steroid dienone is 1. The summed E-state index contributed by atoms with van der Waals surface area (Å²) in [5.74, 6) is 1.52. The Morgan fingerprint density at radius 2 is 1.90 bits per heavy atom. The van der Waals surface area contributed by atoms with Crippen LogP contribution in [0.4, 0.5) is 0 Å². The molecule has 8 atom stereocenters. The minimum Gasteiger partial charge on any atom is -0.393 e.